The summed E-state index contributed by atoms with van der Waals surface area (Å²) in [4.78, 5) is 57.5. The highest BCUT2D eigenvalue weighted by molar-refractivity contribution is 7.91. The molecule has 1 atom stereocenters. The number of carbonyl (C=O) groups excluding carboxylic acids is 2. The second-order valence-electron chi connectivity index (χ2n) is 10.5. The number of aryl methyl sites for hydroxylation is 1. The maximum atomic E-state index is 13.3. The summed E-state index contributed by atoms with van der Waals surface area (Å²) < 4.78 is 30.2. The first-order valence-corrected chi connectivity index (χ1v) is 15.8. The molecule has 45 heavy (non-hydrogen) atoms. The number of aromatic nitrogens is 2. The number of hydrogen-bond donors (Lipinski definition) is 2. The van der Waals surface area contributed by atoms with Crippen molar-refractivity contribution in [3.63, 3.8) is 0 Å². The third-order valence-electron chi connectivity index (χ3n) is 7.05. The number of nitrogens with zero attached hydrogens (tertiary/aromatic N) is 2. The number of aliphatic carboxylic acids is 1. The van der Waals surface area contributed by atoms with Gasteiger partial charge in [-0.15, -0.1) is 6.42 Å². The highest BCUT2D eigenvalue weighted by atomic mass is 32.2. The number of carboxylic acids is 1. The molecule has 0 saturated carbocycles. The van der Waals surface area contributed by atoms with E-state index in [9.17, 15) is 27.6 Å². The van der Waals surface area contributed by atoms with Crippen LogP contribution in [0.25, 0.3) is 10.9 Å². The topological polar surface area (TPSA) is 164 Å². The second kappa shape index (κ2) is 14.0. The first-order chi connectivity index (χ1) is 21.4. The van der Waals surface area contributed by atoms with E-state index in [4.69, 9.17) is 16.3 Å². The maximum Gasteiger partial charge on any atom is 0.306 e. The van der Waals surface area contributed by atoms with Crippen LogP contribution in [0.1, 0.15) is 51.0 Å². The first kappa shape index (κ1) is 32.6. The van der Waals surface area contributed by atoms with Gasteiger partial charge in [0.25, 0.3) is 5.56 Å². The van der Waals surface area contributed by atoms with Crippen LogP contribution in [0.15, 0.2) is 71.5 Å². The minimum atomic E-state index is -3.74. The zero-order chi connectivity index (χ0) is 32.7. The van der Waals surface area contributed by atoms with Crippen molar-refractivity contribution < 1.29 is 32.6 Å². The van der Waals surface area contributed by atoms with Gasteiger partial charge in [0, 0.05) is 24.1 Å². The molecule has 12 heteroatoms. The van der Waals surface area contributed by atoms with Gasteiger partial charge >= 0.3 is 11.9 Å². The molecule has 0 radical (unpaired) electrons. The number of rotatable bonds is 13. The Kier molecular flexibility index (Phi) is 10.2. The van der Waals surface area contributed by atoms with Crippen molar-refractivity contribution in [1.82, 2.24) is 9.97 Å². The Labute approximate surface area is 259 Å². The Morgan fingerprint density at radius 3 is 2.38 bits per heavy atom. The molecule has 1 heterocycles. The fourth-order valence-corrected chi connectivity index (χ4v) is 5.99. The lowest BCUT2D eigenvalue weighted by Crippen LogP contribution is -2.24. The third-order valence-corrected chi connectivity index (χ3v) is 8.40. The smallest absolute Gasteiger partial charge is 0.306 e. The SMILES string of the molecule is C#CCN(Cc1cc2c(=O)[nH]c(COC(=O)CCC(=O)O)nc2cc1C)c1ccc(C(=O)C(c2ccccc2)S(C)(=O)=O)cc1. The average Bonchev–Trinajstić information content (AvgIpc) is 2.99. The number of carbonyl (C=O) groups is 3. The summed E-state index contributed by atoms with van der Waals surface area (Å²) in [7, 11) is -3.74. The molecule has 232 valence electrons. The molecule has 0 amide bonds. The van der Waals surface area contributed by atoms with Crippen molar-refractivity contribution >= 4 is 44.1 Å². The van der Waals surface area contributed by atoms with Crippen LogP contribution in [0, 0.1) is 19.3 Å². The van der Waals surface area contributed by atoms with Gasteiger partial charge in [-0.2, -0.15) is 0 Å². The number of sulfone groups is 1. The van der Waals surface area contributed by atoms with Crippen LogP contribution in [0.3, 0.4) is 0 Å². The summed E-state index contributed by atoms with van der Waals surface area (Å²) in [6.45, 7) is 2.07. The zero-order valence-corrected chi connectivity index (χ0v) is 25.5. The summed E-state index contributed by atoms with van der Waals surface area (Å²) in [5, 5.41) is 7.68. The number of ketones is 1. The largest absolute Gasteiger partial charge is 0.481 e. The normalized spacial score (nSPS) is 11.8. The number of carboxylic acid groups (broad SMARTS) is 1. The quantitative estimate of drug-likeness (QED) is 0.126. The van der Waals surface area contributed by atoms with E-state index in [2.05, 4.69) is 15.9 Å². The van der Waals surface area contributed by atoms with Crippen LogP contribution in [0.4, 0.5) is 5.69 Å². The van der Waals surface area contributed by atoms with E-state index in [0.717, 1.165) is 17.4 Å². The number of terminal acetylenes is 1. The van der Waals surface area contributed by atoms with E-state index in [1.165, 1.54) is 0 Å². The van der Waals surface area contributed by atoms with E-state index < -0.39 is 38.4 Å². The van der Waals surface area contributed by atoms with Gasteiger partial charge in [0.1, 0.15) is 17.7 Å². The average molecular weight is 630 g/mol. The number of benzene rings is 3. The monoisotopic (exact) mass is 629 g/mol. The number of hydrogen-bond acceptors (Lipinski definition) is 9. The number of fused-ring (bicyclic) bond motifs is 1. The maximum absolute atomic E-state index is 13.3. The molecule has 0 aliphatic rings. The van der Waals surface area contributed by atoms with Crippen molar-refractivity contribution in [2.45, 2.75) is 38.2 Å². The van der Waals surface area contributed by atoms with Gasteiger partial charge in [-0.1, -0.05) is 36.3 Å². The summed E-state index contributed by atoms with van der Waals surface area (Å²) in [5.41, 5.74) is 2.87. The first-order valence-electron chi connectivity index (χ1n) is 13.8. The molecule has 0 aliphatic heterocycles. The van der Waals surface area contributed by atoms with Crippen molar-refractivity contribution in [3.8, 4) is 12.3 Å². The number of anilines is 1. The highest BCUT2D eigenvalue weighted by Crippen LogP contribution is 2.28. The molecule has 0 bridgehead atoms. The molecule has 0 spiro atoms. The Balaban J connectivity index is 1.55. The van der Waals surface area contributed by atoms with Gasteiger partial charge in [0.05, 0.1) is 30.3 Å². The minimum absolute atomic E-state index is 0.122. The summed E-state index contributed by atoms with van der Waals surface area (Å²) in [6, 6.07) is 18.3. The standard InChI is InChI=1S/C33H31N3O8S/c1-4-16-36(25-12-10-22(11-13-25)31(40)32(45(3,42)43)23-8-6-5-7-9-23)19-24-18-26-27(17-21(24)2)34-28(35-33(26)41)20-44-30(39)15-14-29(37)38/h1,5-13,17-18,32H,14-16,19-20H2,2-3H3,(H,37,38)(H,34,35,41). The highest BCUT2D eigenvalue weighted by Gasteiger charge is 2.31. The molecular weight excluding hydrogens is 598 g/mol. The number of H-pyrrole nitrogens is 1. The molecule has 1 aromatic heterocycles. The van der Waals surface area contributed by atoms with E-state index >= 15 is 0 Å². The Hall–Kier alpha value is -5.28. The van der Waals surface area contributed by atoms with Crippen molar-refractivity contribution in [3.05, 3.63) is 105 Å². The fraction of sp³-hybridized carbons (Fsp3) is 0.242. The Morgan fingerprint density at radius 1 is 1.07 bits per heavy atom. The molecule has 0 fully saturated rings. The molecule has 1 unspecified atom stereocenters. The van der Waals surface area contributed by atoms with Crippen LogP contribution in [0.5, 0.6) is 0 Å². The molecule has 0 aliphatic carbocycles. The van der Waals surface area contributed by atoms with Crippen LogP contribution in [0.2, 0.25) is 0 Å². The number of aromatic amines is 1. The van der Waals surface area contributed by atoms with Gasteiger partial charge in [-0.25, -0.2) is 13.4 Å². The lowest BCUT2D eigenvalue weighted by atomic mass is 10.0. The predicted molar refractivity (Wildman–Crippen MR) is 168 cm³/mol. The van der Waals surface area contributed by atoms with Crippen molar-refractivity contribution in [2.75, 3.05) is 17.7 Å². The Bertz CT molecular complexity index is 1950. The summed E-state index contributed by atoms with van der Waals surface area (Å²) in [6.07, 6.45) is 6.05. The molecule has 2 N–H and O–H groups in total. The van der Waals surface area contributed by atoms with E-state index in [-0.39, 0.29) is 37.4 Å². The number of esters is 1. The molecular formula is C33H31N3O8S. The number of Topliss-reactive ketones (excluding diaryl/α,β-unsaturated/α-hetero) is 1. The van der Waals surface area contributed by atoms with Gasteiger partial charge in [0.2, 0.25) is 0 Å². The number of ether oxygens (including phenoxy) is 1. The minimum Gasteiger partial charge on any atom is -0.481 e. The Morgan fingerprint density at radius 2 is 1.76 bits per heavy atom. The van der Waals surface area contributed by atoms with Crippen LogP contribution >= 0.6 is 0 Å². The third kappa shape index (κ3) is 8.21. The van der Waals surface area contributed by atoms with Crippen LogP contribution in [-0.2, 0) is 37.3 Å². The molecule has 11 nitrogen and oxygen atoms in total. The van der Waals surface area contributed by atoms with Gasteiger partial charge in [-0.3, -0.25) is 19.2 Å². The van der Waals surface area contributed by atoms with E-state index in [0.29, 0.717) is 28.7 Å². The lowest BCUT2D eigenvalue weighted by Gasteiger charge is -2.24. The summed E-state index contributed by atoms with van der Waals surface area (Å²) >= 11 is 0. The van der Waals surface area contributed by atoms with Crippen LogP contribution in [-0.4, -0.2) is 54.0 Å². The molecule has 0 saturated heterocycles. The van der Waals surface area contributed by atoms with E-state index in [1.54, 1.807) is 66.7 Å². The van der Waals surface area contributed by atoms with Crippen molar-refractivity contribution in [1.29, 1.82) is 0 Å². The van der Waals surface area contributed by atoms with E-state index in [1.807, 2.05) is 11.8 Å². The zero-order valence-electron chi connectivity index (χ0n) is 24.6. The molecule has 3 aromatic carbocycles. The van der Waals surface area contributed by atoms with Crippen LogP contribution < -0.4 is 10.5 Å². The van der Waals surface area contributed by atoms with Gasteiger partial charge < -0.3 is 19.7 Å². The predicted octanol–water partition coefficient (Wildman–Crippen LogP) is 3.75. The second-order valence-corrected chi connectivity index (χ2v) is 12.6. The lowest BCUT2D eigenvalue weighted by molar-refractivity contribution is -0.148. The molecule has 4 rings (SSSR count). The molecule has 4 aromatic rings. The summed E-state index contributed by atoms with van der Waals surface area (Å²) in [5.74, 6) is 0.370. The van der Waals surface area contributed by atoms with Gasteiger partial charge in [-0.05, 0) is 60.0 Å². The van der Waals surface area contributed by atoms with Crippen molar-refractivity contribution in [2.24, 2.45) is 0 Å². The number of nitrogens with one attached hydrogen (secondary N) is 1. The van der Waals surface area contributed by atoms with Gasteiger partial charge in [0.15, 0.2) is 15.6 Å². The fourth-order valence-electron chi connectivity index (χ4n) is 4.82.